The summed E-state index contributed by atoms with van der Waals surface area (Å²) >= 11 is 0. The molecule has 0 unspecified atom stereocenters. The van der Waals surface area contributed by atoms with Crippen molar-refractivity contribution in [1.29, 1.82) is 5.41 Å². The maximum absolute atomic E-state index is 12.5. The van der Waals surface area contributed by atoms with E-state index in [4.69, 9.17) is 5.41 Å². The second-order valence-corrected chi connectivity index (χ2v) is 5.80. The van der Waals surface area contributed by atoms with E-state index in [-0.39, 0.29) is 11.3 Å². The molecule has 3 heteroatoms. The lowest BCUT2D eigenvalue weighted by Gasteiger charge is -2.43. The van der Waals surface area contributed by atoms with Crippen LogP contribution < -0.4 is 4.90 Å². The first-order chi connectivity index (χ1) is 9.70. The Hall–Kier alpha value is -2.16. The normalized spacial score (nSPS) is 27.1. The van der Waals surface area contributed by atoms with Gasteiger partial charge in [0.15, 0.2) is 0 Å². The molecule has 0 aromatic heterocycles. The summed E-state index contributed by atoms with van der Waals surface area (Å²) in [5, 5.41) is 7.69. The minimum atomic E-state index is -0.346. The van der Waals surface area contributed by atoms with Gasteiger partial charge in [-0.2, -0.15) is 0 Å². The molecule has 1 aromatic carbocycles. The van der Waals surface area contributed by atoms with Crippen molar-refractivity contribution >= 4 is 17.3 Å². The molecule has 2 heterocycles. The van der Waals surface area contributed by atoms with Gasteiger partial charge < -0.3 is 10.3 Å². The standard InChI is InChI=1S/C17H16N2O/c18-13-6-8-17(9-7-13)11-15(20)19-10-2-4-12-3-1-5-14(17)16(12)19/h1,3,5-9,18H,2,4,10-11H2. The van der Waals surface area contributed by atoms with Crippen LogP contribution in [0.1, 0.15) is 24.0 Å². The molecular formula is C17H16N2O. The fourth-order valence-corrected chi connectivity index (χ4v) is 3.60. The first kappa shape index (κ1) is 11.6. The SMILES string of the molecule is N=C1C=CC2(C=C1)CC(=O)N1CCCc3cccc2c31. The lowest BCUT2D eigenvalue weighted by atomic mass is 9.70. The van der Waals surface area contributed by atoms with E-state index >= 15 is 0 Å². The van der Waals surface area contributed by atoms with Gasteiger partial charge in [-0.15, -0.1) is 0 Å². The summed E-state index contributed by atoms with van der Waals surface area (Å²) in [4.78, 5) is 14.5. The summed E-state index contributed by atoms with van der Waals surface area (Å²) in [6.07, 6.45) is 10.2. The highest BCUT2D eigenvalue weighted by atomic mass is 16.2. The topological polar surface area (TPSA) is 44.2 Å². The average Bonchev–Trinajstić information content (AvgIpc) is 2.48. The number of benzene rings is 1. The molecule has 0 saturated heterocycles. The van der Waals surface area contributed by atoms with E-state index in [1.54, 1.807) is 0 Å². The fourth-order valence-electron chi connectivity index (χ4n) is 3.60. The van der Waals surface area contributed by atoms with Crippen molar-refractivity contribution in [3.8, 4) is 0 Å². The van der Waals surface area contributed by atoms with Crippen LogP contribution in [0.2, 0.25) is 0 Å². The molecule has 20 heavy (non-hydrogen) atoms. The minimum Gasteiger partial charge on any atom is -0.312 e. The highest BCUT2D eigenvalue weighted by Gasteiger charge is 2.42. The molecule has 4 rings (SSSR count). The van der Waals surface area contributed by atoms with Crippen LogP contribution in [0.4, 0.5) is 5.69 Å². The van der Waals surface area contributed by atoms with Gasteiger partial charge in [0, 0.05) is 18.4 Å². The summed E-state index contributed by atoms with van der Waals surface area (Å²) in [5.41, 5.74) is 3.77. The first-order valence-corrected chi connectivity index (χ1v) is 7.09. The van der Waals surface area contributed by atoms with Gasteiger partial charge in [0.2, 0.25) is 5.91 Å². The third-order valence-corrected chi connectivity index (χ3v) is 4.58. The fraction of sp³-hybridized carbons (Fsp3) is 0.294. The average molecular weight is 264 g/mol. The summed E-state index contributed by atoms with van der Waals surface area (Å²) in [5.74, 6) is 0.201. The monoisotopic (exact) mass is 264 g/mol. The zero-order chi connectivity index (χ0) is 13.7. The van der Waals surface area contributed by atoms with Crippen molar-refractivity contribution < 1.29 is 4.79 Å². The number of nitrogens with zero attached hydrogens (tertiary/aromatic N) is 1. The first-order valence-electron chi connectivity index (χ1n) is 7.09. The van der Waals surface area contributed by atoms with Crippen molar-refractivity contribution in [2.75, 3.05) is 11.4 Å². The number of fused-ring (bicyclic) bond motifs is 1. The van der Waals surface area contributed by atoms with Crippen LogP contribution in [-0.4, -0.2) is 18.2 Å². The number of rotatable bonds is 0. The van der Waals surface area contributed by atoms with E-state index in [2.05, 4.69) is 18.2 Å². The van der Waals surface area contributed by atoms with Crippen LogP contribution in [-0.2, 0) is 16.6 Å². The van der Waals surface area contributed by atoms with Crippen LogP contribution in [0, 0.1) is 5.41 Å². The molecule has 1 spiro atoms. The van der Waals surface area contributed by atoms with Crippen molar-refractivity contribution in [1.82, 2.24) is 0 Å². The summed E-state index contributed by atoms with van der Waals surface area (Å²) in [6.45, 7) is 0.835. The van der Waals surface area contributed by atoms with E-state index in [0.717, 1.165) is 25.1 Å². The lowest BCUT2D eigenvalue weighted by Crippen LogP contribution is -2.46. The van der Waals surface area contributed by atoms with Gasteiger partial charge in [-0.05, 0) is 36.1 Å². The number of hydrogen-bond acceptors (Lipinski definition) is 2. The number of nitrogens with one attached hydrogen (secondary N) is 1. The number of hydrogen-bond donors (Lipinski definition) is 1. The predicted octanol–water partition coefficient (Wildman–Crippen LogP) is 2.75. The van der Waals surface area contributed by atoms with Crippen LogP contribution in [0.5, 0.6) is 0 Å². The van der Waals surface area contributed by atoms with Crippen molar-refractivity contribution in [3.05, 3.63) is 53.6 Å². The quantitative estimate of drug-likeness (QED) is 0.769. The van der Waals surface area contributed by atoms with E-state index in [1.165, 1.54) is 11.1 Å². The van der Waals surface area contributed by atoms with Gasteiger partial charge in [-0.3, -0.25) is 4.79 Å². The molecular weight excluding hydrogens is 248 g/mol. The van der Waals surface area contributed by atoms with Gasteiger partial charge in [-0.1, -0.05) is 30.4 Å². The van der Waals surface area contributed by atoms with Crippen LogP contribution in [0.25, 0.3) is 0 Å². The Bertz CT molecular complexity index is 668. The number of allylic oxidation sites excluding steroid dienone is 4. The Kier molecular flexibility index (Phi) is 2.28. The molecule has 0 saturated carbocycles. The Morgan fingerprint density at radius 3 is 2.80 bits per heavy atom. The number of amides is 1. The highest BCUT2D eigenvalue weighted by molar-refractivity contribution is 6.05. The third kappa shape index (κ3) is 1.46. The number of anilines is 1. The van der Waals surface area contributed by atoms with Crippen LogP contribution in [0.15, 0.2) is 42.5 Å². The molecule has 3 aliphatic rings. The van der Waals surface area contributed by atoms with Crippen molar-refractivity contribution in [2.24, 2.45) is 0 Å². The largest absolute Gasteiger partial charge is 0.312 e. The summed E-state index contributed by atoms with van der Waals surface area (Å²) in [7, 11) is 0. The van der Waals surface area contributed by atoms with Gasteiger partial charge in [0.1, 0.15) is 0 Å². The Morgan fingerprint density at radius 2 is 2.00 bits per heavy atom. The molecule has 0 fully saturated rings. The number of carbonyl (C=O) groups is 1. The number of para-hydroxylation sites is 1. The van der Waals surface area contributed by atoms with E-state index in [1.807, 2.05) is 29.2 Å². The zero-order valence-electron chi connectivity index (χ0n) is 11.2. The van der Waals surface area contributed by atoms with Gasteiger partial charge in [0.25, 0.3) is 0 Å². The molecule has 1 aliphatic carbocycles. The van der Waals surface area contributed by atoms with E-state index in [0.29, 0.717) is 12.1 Å². The van der Waals surface area contributed by atoms with E-state index in [9.17, 15) is 4.79 Å². The molecule has 2 aliphatic heterocycles. The molecule has 0 bridgehead atoms. The smallest absolute Gasteiger partial charge is 0.228 e. The molecule has 1 aromatic rings. The maximum Gasteiger partial charge on any atom is 0.228 e. The molecule has 1 N–H and O–H groups in total. The van der Waals surface area contributed by atoms with E-state index < -0.39 is 0 Å². The second kappa shape index (κ2) is 3.92. The zero-order valence-corrected chi connectivity index (χ0v) is 11.2. The van der Waals surface area contributed by atoms with Crippen LogP contribution in [0.3, 0.4) is 0 Å². The molecule has 0 atom stereocenters. The maximum atomic E-state index is 12.5. The predicted molar refractivity (Wildman–Crippen MR) is 79.4 cm³/mol. The number of aryl methyl sites for hydroxylation is 1. The summed E-state index contributed by atoms with van der Waals surface area (Å²) < 4.78 is 0. The Balaban J connectivity index is 1.97. The molecule has 3 nitrogen and oxygen atoms in total. The van der Waals surface area contributed by atoms with Crippen molar-refractivity contribution in [2.45, 2.75) is 24.7 Å². The molecule has 1 amide bonds. The van der Waals surface area contributed by atoms with Gasteiger partial charge >= 0.3 is 0 Å². The number of carbonyl (C=O) groups excluding carboxylic acids is 1. The van der Waals surface area contributed by atoms with Gasteiger partial charge in [-0.25, -0.2) is 0 Å². The minimum absolute atomic E-state index is 0.201. The molecule has 100 valence electrons. The highest BCUT2D eigenvalue weighted by Crippen LogP contribution is 2.46. The lowest BCUT2D eigenvalue weighted by molar-refractivity contribution is -0.119. The Morgan fingerprint density at radius 1 is 1.20 bits per heavy atom. The Labute approximate surface area is 118 Å². The third-order valence-electron chi connectivity index (χ3n) is 4.58. The summed E-state index contributed by atoms with van der Waals surface area (Å²) in [6, 6.07) is 6.36. The second-order valence-electron chi connectivity index (χ2n) is 5.80. The van der Waals surface area contributed by atoms with Crippen LogP contribution >= 0.6 is 0 Å². The molecule has 0 radical (unpaired) electrons. The van der Waals surface area contributed by atoms with Gasteiger partial charge in [0.05, 0.1) is 11.4 Å². The van der Waals surface area contributed by atoms with Crippen molar-refractivity contribution in [3.63, 3.8) is 0 Å².